The van der Waals surface area contributed by atoms with Crippen LogP contribution in [0.1, 0.15) is 61.8 Å². The maximum atomic E-state index is 9.28. The number of aromatic nitrogens is 2. The molecule has 2 aromatic carbocycles. The van der Waals surface area contributed by atoms with Crippen LogP contribution in [0.25, 0.3) is 16.8 Å². The van der Waals surface area contributed by atoms with Crippen molar-refractivity contribution < 1.29 is 4.68 Å². The fourth-order valence-electron chi connectivity index (χ4n) is 3.70. The summed E-state index contributed by atoms with van der Waals surface area (Å²) < 4.78 is 4.23. The predicted molar refractivity (Wildman–Crippen MR) is 110 cm³/mol. The largest absolute Gasteiger partial charge is 0.203 e. The number of aryl methyl sites for hydroxylation is 2. The zero-order valence-corrected chi connectivity index (χ0v) is 17.1. The SMILES string of the molecule is Cc1ccc(C#N)cc1-n1cc(-c2c(C(C)C)cccc2C(C)C)c[n+]1C. The minimum absolute atomic E-state index is 0.455. The molecule has 3 rings (SSSR count). The molecule has 0 saturated carbocycles. The van der Waals surface area contributed by atoms with Crippen LogP contribution in [0.5, 0.6) is 0 Å². The Morgan fingerprint density at radius 1 is 1.00 bits per heavy atom. The first-order chi connectivity index (χ1) is 12.8. The van der Waals surface area contributed by atoms with Crippen LogP contribution in [0, 0.1) is 18.3 Å². The van der Waals surface area contributed by atoms with Gasteiger partial charge in [-0.25, -0.2) is 0 Å². The van der Waals surface area contributed by atoms with Gasteiger partial charge >= 0.3 is 0 Å². The van der Waals surface area contributed by atoms with E-state index in [2.05, 4.69) is 87.7 Å². The van der Waals surface area contributed by atoms with E-state index >= 15 is 0 Å². The van der Waals surface area contributed by atoms with Gasteiger partial charge in [-0.05, 0) is 53.1 Å². The summed E-state index contributed by atoms with van der Waals surface area (Å²) in [6.07, 6.45) is 4.38. The smallest absolute Gasteiger partial charge is 0.192 e. The Hall–Kier alpha value is -2.86. The van der Waals surface area contributed by atoms with E-state index in [1.807, 2.05) is 18.2 Å². The Labute approximate surface area is 162 Å². The first-order valence-corrected chi connectivity index (χ1v) is 9.56. The fourth-order valence-corrected chi connectivity index (χ4v) is 3.70. The number of benzene rings is 2. The van der Waals surface area contributed by atoms with Crippen LogP contribution in [0.15, 0.2) is 48.8 Å². The van der Waals surface area contributed by atoms with Gasteiger partial charge in [0.25, 0.3) is 0 Å². The van der Waals surface area contributed by atoms with Crippen LogP contribution in [-0.2, 0) is 7.05 Å². The molecule has 1 aromatic heterocycles. The van der Waals surface area contributed by atoms with Gasteiger partial charge in [0.15, 0.2) is 7.05 Å². The third-order valence-corrected chi connectivity index (χ3v) is 5.17. The highest BCUT2D eigenvalue weighted by Crippen LogP contribution is 2.36. The molecule has 0 bridgehead atoms. The lowest BCUT2D eigenvalue weighted by molar-refractivity contribution is -0.744. The molecular weight excluding hydrogens is 330 g/mol. The molecule has 0 saturated heterocycles. The van der Waals surface area contributed by atoms with Crippen LogP contribution in [0.3, 0.4) is 0 Å². The molecule has 3 aromatic rings. The second-order valence-corrected chi connectivity index (χ2v) is 7.87. The van der Waals surface area contributed by atoms with E-state index in [1.54, 1.807) is 0 Å². The molecule has 0 spiro atoms. The number of hydrogen-bond donors (Lipinski definition) is 0. The predicted octanol–water partition coefficient (Wildman–Crippen LogP) is 5.40. The maximum absolute atomic E-state index is 9.28. The second-order valence-electron chi connectivity index (χ2n) is 7.87. The van der Waals surface area contributed by atoms with Crippen molar-refractivity contribution in [1.29, 1.82) is 5.26 Å². The van der Waals surface area contributed by atoms with Gasteiger partial charge in [-0.1, -0.05) is 52.0 Å². The molecule has 0 unspecified atom stereocenters. The van der Waals surface area contributed by atoms with Gasteiger partial charge < -0.3 is 0 Å². The van der Waals surface area contributed by atoms with Gasteiger partial charge in [0.2, 0.25) is 6.20 Å². The molecule has 138 valence electrons. The lowest BCUT2D eigenvalue weighted by Gasteiger charge is -2.17. The fraction of sp³-hybridized carbons (Fsp3) is 0.333. The first kappa shape index (κ1) is 18.9. The molecule has 0 radical (unpaired) electrons. The minimum Gasteiger partial charge on any atom is -0.192 e. The molecule has 0 fully saturated rings. The number of nitrogens with zero attached hydrogens (tertiary/aromatic N) is 3. The third kappa shape index (κ3) is 3.53. The molecule has 0 amide bonds. The maximum Gasteiger partial charge on any atom is 0.203 e. The van der Waals surface area contributed by atoms with Crippen molar-refractivity contribution in [2.45, 2.75) is 46.5 Å². The Bertz CT molecular complexity index is 990. The van der Waals surface area contributed by atoms with E-state index < -0.39 is 0 Å². The summed E-state index contributed by atoms with van der Waals surface area (Å²) in [5.41, 5.74) is 8.17. The lowest BCUT2D eigenvalue weighted by Crippen LogP contribution is -2.37. The summed E-state index contributed by atoms with van der Waals surface area (Å²) in [5.74, 6) is 0.909. The van der Waals surface area contributed by atoms with Gasteiger partial charge in [0.05, 0.1) is 23.4 Å². The summed E-state index contributed by atoms with van der Waals surface area (Å²) in [5, 5.41) is 9.28. The van der Waals surface area contributed by atoms with Gasteiger partial charge in [-0.2, -0.15) is 5.26 Å². The standard InChI is InChI=1S/C24H28N3/c1-16(2)21-8-7-9-22(17(3)4)24(21)20-14-26(6)27(15-20)23-12-19(13-25)11-10-18(23)5/h7-12,14-17H,1-6H3/q+1. The average molecular weight is 359 g/mol. The average Bonchev–Trinajstić information content (AvgIpc) is 3.02. The van der Waals surface area contributed by atoms with Crippen molar-refractivity contribution in [2.75, 3.05) is 0 Å². The van der Waals surface area contributed by atoms with Crippen LogP contribution in [-0.4, -0.2) is 4.68 Å². The molecule has 3 nitrogen and oxygen atoms in total. The van der Waals surface area contributed by atoms with Crippen LogP contribution >= 0.6 is 0 Å². The summed E-state index contributed by atoms with van der Waals surface area (Å²) in [6.45, 7) is 11.1. The quantitative estimate of drug-likeness (QED) is 0.575. The zero-order valence-electron chi connectivity index (χ0n) is 17.1. The number of nitriles is 1. The highest BCUT2D eigenvalue weighted by Gasteiger charge is 2.21. The van der Waals surface area contributed by atoms with Crippen molar-refractivity contribution in [3.63, 3.8) is 0 Å². The minimum atomic E-state index is 0.455. The molecule has 0 N–H and O–H groups in total. The van der Waals surface area contributed by atoms with E-state index in [0.717, 1.165) is 11.3 Å². The van der Waals surface area contributed by atoms with Gasteiger partial charge in [0, 0.05) is 0 Å². The molecule has 0 aliphatic rings. The zero-order chi connectivity index (χ0) is 19.7. The van der Waals surface area contributed by atoms with E-state index in [9.17, 15) is 5.26 Å². The van der Waals surface area contributed by atoms with Crippen LogP contribution < -0.4 is 4.68 Å². The van der Waals surface area contributed by atoms with Crippen molar-refractivity contribution in [3.05, 3.63) is 71.0 Å². The first-order valence-electron chi connectivity index (χ1n) is 9.56. The lowest BCUT2D eigenvalue weighted by atomic mass is 9.86. The van der Waals surface area contributed by atoms with Crippen LogP contribution in [0.2, 0.25) is 0 Å². The summed E-state index contributed by atoms with van der Waals surface area (Å²) >= 11 is 0. The van der Waals surface area contributed by atoms with Crippen molar-refractivity contribution >= 4 is 0 Å². The van der Waals surface area contributed by atoms with Gasteiger partial charge in [-0.3, -0.25) is 0 Å². The van der Waals surface area contributed by atoms with E-state index in [1.165, 1.54) is 22.3 Å². The third-order valence-electron chi connectivity index (χ3n) is 5.17. The van der Waals surface area contributed by atoms with E-state index in [0.29, 0.717) is 17.4 Å². The molecular formula is C24H28N3+. The molecule has 0 aliphatic heterocycles. The Morgan fingerprint density at radius 2 is 1.63 bits per heavy atom. The number of rotatable bonds is 4. The van der Waals surface area contributed by atoms with Gasteiger partial charge in [0.1, 0.15) is 5.69 Å². The molecule has 0 aliphatic carbocycles. The summed E-state index contributed by atoms with van der Waals surface area (Å²) in [4.78, 5) is 0. The Balaban J connectivity index is 2.24. The molecule has 27 heavy (non-hydrogen) atoms. The number of hydrogen-bond acceptors (Lipinski definition) is 1. The van der Waals surface area contributed by atoms with E-state index in [-0.39, 0.29) is 0 Å². The Morgan fingerprint density at radius 3 is 2.19 bits per heavy atom. The van der Waals surface area contributed by atoms with Gasteiger partial charge in [-0.15, -0.1) is 9.36 Å². The van der Waals surface area contributed by atoms with Crippen LogP contribution in [0.4, 0.5) is 0 Å². The molecule has 3 heteroatoms. The van der Waals surface area contributed by atoms with E-state index in [4.69, 9.17) is 0 Å². The monoisotopic (exact) mass is 358 g/mol. The second kappa shape index (κ2) is 7.40. The topological polar surface area (TPSA) is 32.6 Å². The Kier molecular flexibility index (Phi) is 5.19. The highest BCUT2D eigenvalue weighted by molar-refractivity contribution is 5.71. The summed E-state index contributed by atoms with van der Waals surface area (Å²) in [6, 6.07) is 14.7. The van der Waals surface area contributed by atoms with Crippen molar-refractivity contribution in [3.8, 4) is 22.9 Å². The molecule has 1 heterocycles. The highest BCUT2D eigenvalue weighted by atomic mass is 15.4. The van der Waals surface area contributed by atoms with Crippen molar-refractivity contribution in [1.82, 2.24) is 4.68 Å². The molecule has 0 atom stereocenters. The van der Waals surface area contributed by atoms with Crippen molar-refractivity contribution in [2.24, 2.45) is 7.05 Å². The summed E-state index contributed by atoms with van der Waals surface area (Å²) in [7, 11) is 2.05. The normalized spacial score (nSPS) is 11.2.